The predicted molar refractivity (Wildman–Crippen MR) is 106 cm³/mol. The molecule has 0 spiro atoms. The van der Waals surface area contributed by atoms with E-state index in [2.05, 4.69) is 27.0 Å². The van der Waals surface area contributed by atoms with E-state index in [1.807, 2.05) is 24.4 Å². The molecule has 0 radical (unpaired) electrons. The van der Waals surface area contributed by atoms with Crippen molar-refractivity contribution in [2.45, 2.75) is 32.2 Å². The second kappa shape index (κ2) is 10.3. The van der Waals surface area contributed by atoms with Gasteiger partial charge in [0.1, 0.15) is 0 Å². The molecule has 0 aliphatic rings. The van der Waals surface area contributed by atoms with Crippen LogP contribution in [0.15, 0.2) is 30.5 Å². The van der Waals surface area contributed by atoms with Gasteiger partial charge in [0, 0.05) is 42.7 Å². The molecule has 0 aliphatic heterocycles. The quantitative estimate of drug-likeness (QED) is 0.453. The van der Waals surface area contributed by atoms with Gasteiger partial charge in [0.05, 0.1) is 11.9 Å². The van der Waals surface area contributed by atoms with Gasteiger partial charge in [-0.25, -0.2) is 0 Å². The van der Waals surface area contributed by atoms with E-state index in [9.17, 15) is 9.59 Å². The van der Waals surface area contributed by atoms with Gasteiger partial charge >= 0.3 is 5.97 Å². The first-order valence-corrected chi connectivity index (χ1v) is 9.97. The average molecular weight is 424 g/mol. The second-order valence-electron chi connectivity index (χ2n) is 6.21. The van der Waals surface area contributed by atoms with Crippen LogP contribution in [0.5, 0.6) is 0 Å². The van der Waals surface area contributed by atoms with Gasteiger partial charge in [0.2, 0.25) is 5.91 Å². The number of carbonyl (C=O) groups is 2. The van der Waals surface area contributed by atoms with Gasteiger partial charge in [0.25, 0.3) is 0 Å². The number of alkyl halides is 1. The molecular weight excluding hydrogens is 398 g/mol. The fourth-order valence-corrected chi connectivity index (χ4v) is 3.33. The van der Waals surface area contributed by atoms with E-state index in [-0.39, 0.29) is 23.2 Å². The third-order valence-electron chi connectivity index (χ3n) is 4.19. The number of amides is 1. The summed E-state index contributed by atoms with van der Waals surface area (Å²) in [5.41, 5.74) is 8.54. The molecule has 0 aliphatic carbocycles. The third kappa shape index (κ3) is 5.85. The van der Waals surface area contributed by atoms with E-state index in [4.69, 9.17) is 10.5 Å². The van der Waals surface area contributed by atoms with Crippen LogP contribution in [0.25, 0.3) is 10.9 Å². The molecule has 0 saturated carbocycles. The van der Waals surface area contributed by atoms with Crippen molar-refractivity contribution >= 4 is 38.7 Å². The molecule has 1 amide bonds. The minimum atomic E-state index is -0.234. The molecule has 1 aromatic carbocycles. The number of halogens is 1. The van der Waals surface area contributed by atoms with Crippen molar-refractivity contribution in [1.82, 2.24) is 9.88 Å². The first-order chi connectivity index (χ1) is 12.5. The highest BCUT2D eigenvalue weighted by Crippen LogP contribution is 2.19. The number of nitrogens with two attached hydrogens (primary N) is 1. The number of nitrogens with one attached hydrogen (secondary N) is 1. The molecule has 26 heavy (non-hydrogen) atoms. The van der Waals surface area contributed by atoms with E-state index in [0.717, 1.165) is 16.5 Å². The SMILES string of the molecule is CCOC(=O)CCCN(C[C@H](N)Cc1c[nH]c2ccccc12)C(=O)CBr. The van der Waals surface area contributed by atoms with Gasteiger partial charge in [0.15, 0.2) is 0 Å². The van der Waals surface area contributed by atoms with Crippen LogP contribution in [0.2, 0.25) is 0 Å². The molecule has 1 atom stereocenters. The van der Waals surface area contributed by atoms with Crippen LogP contribution in [0.4, 0.5) is 0 Å². The number of nitrogens with zero attached hydrogens (tertiary/aromatic N) is 1. The topological polar surface area (TPSA) is 88.4 Å². The minimum Gasteiger partial charge on any atom is -0.466 e. The number of para-hydroxylation sites is 1. The maximum Gasteiger partial charge on any atom is 0.305 e. The zero-order chi connectivity index (χ0) is 18.9. The Kier molecular flexibility index (Phi) is 8.12. The van der Waals surface area contributed by atoms with Crippen LogP contribution in [0, 0.1) is 0 Å². The standard InChI is InChI=1S/C19H26BrN3O3/c1-2-26-19(25)8-5-9-23(18(24)11-20)13-15(21)10-14-12-22-17-7-4-3-6-16(14)17/h3-4,6-7,12,15,22H,2,5,8-11,13,21H2,1H3/t15-/m1/s1. The van der Waals surface area contributed by atoms with E-state index >= 15 is 0 Å². The highest BCUT2D eigenvalue weighted by Gasteiger charge is 2.17. The number of fused-ring (bicyclic) bond motifs is 1. The lowest BCUT2D eigenvalue weighted by molar-refractivity contribution is -0.143. The summed E-state index contributed by atoms with van der Waals surface area (Å²) in [6.45, 7) is 3.10. The average Bonchev–Trinajstić information content (AvgIpc) is 3.03. The molecule has 0 saturated heterocycles. The van der Waals surface area contributed by atoms with Crippen molar-refractivity contribution in [2.24, 2.45) is 5.73 Å². The Morgan fingerprint density at radius 3 is 2.85 bits per heavy atom. The number of rotatable bonds is 10. The Balaban J connectivity index is 1.92. The first-order valence-electron chi connectivity index (χ1n) is 8.85. The summed E-state index contributed by atoms with van der Waals surface area (Å²) in [5, 5.41) is 1.40. The van der Waals surface area contributed by atoms with Crippen molar-refractivity contribution in [3.8, 4) is 0 Å². The molecule has 0 unspecified atom stereocenters. The summed E-state index contributed by atoms with van der Waals surface area (Å²) in [6, 6.07) is 7.90. The zero-order valence-corrected chi connectivity index (χ0v) is 16.6. The number of aromatic amines is 1. The van der Waals surface area contributed by atoms with Crippen molar-refractivity contribution in [3.63, 3.8) is 0 Å². The Morgan fingerprint density at radius 2 is 2.12 bits per heavy atom. The number of esters is 1. The van der Waals surface area contributed by atoms with Crippen LogP contribution in [-0.2, 0) is 20.7 Å². The lowest BCUT2D eigenvalue weighted by atomic mass is 10.0. The largest absolute Gasteiger partial charge is 0.466 e. The lowest BCUT2D eigenvalue weighted by Crippen LogP contribution is -2.43. The number of ether oxygens (including phenoxy) is 1. The number of hydrogen-bond acceptors (Lipinski definition) is 4. The highest BCUT2D eigenvalue weighted by atomic mass is 79.9. The second-order valence-corrected chi connectivity index (χ2v) is 6.77. The summed E-state index contributed by atoms with van der Waals surface area (Å²) in [4.78, 5) is 28.6. The fourth-order valence-electron chi connectivity index (χ4n) is 2.98. The van der Waals surface area contributed by atoms with Gasteiger partial charge in [-0.15, -0.1) is 0 Å². The van der Waals surface area contributed by atoms with E-state index < -0.39 is 0 Å². The lowest BCUT2D eigenvalue weighted by Gasteiger charge is -2.25. The molecule has 6 nitrogen and oxygen atoms in total. The van der Waals surface area contributed by atoms with Gasteiger partial charge in [-0.3, -0.25) is 9.59 Å². The first kappa shape index (κ1) is 20.5. The van der Waals surface area contributed by atoms with Crippen LogP contribution >= 0.6 is 15.9 Å². The minimum absolute atomic E-state index is 0.0248. The van der Waals surface area contributed by atoms with E-state index in [1.54, 1.807) is 11.8 Å². The molecule has 0 bridgehead atoms. The zero-order valence-electron chi connectivity index (χ0n) is 15.0. The highest BCUT2D eigenvalue weighted by molar-refractivity contribution is 9.09. The normalized spacial score (nSPS) is 12.1. The molecule has 1 aromatic heterocycles. The summed E-state index contributed by atoms with van der Waals surface area (Å²) >= 11 is 3.22. The molecular formula is C19H26BrN3O3. The Labute approximate surface area is 162 Å². The number of benzene rings is 1. The molecule has 0 fully saturated rings. The number of hydrogen-bond donors (Lipinski definition) is 2. The Bertz CT molecular complexity index is 732. The molecule has 2 aromatic rings. The smallest absolute Gasteiger partial charge is 0.305 e. The maximum atomic E-state index is 12.2. The van der Waals surface area contributed by atoms with E-state index in [0.29, 0.717) is 39.0 Å². The summed E-state index contributed by atoms with van der Waals surface area (Å²) in [5.74, 6) is -0.259. The number of carbonyl (C=O) groups excluding carboxylic acids is 2. The maximum absolute atomic E-state index is 12.2. The molecule has 7 heteroatoms. The molecule has 2 rings (SSSR count). The summed E-state index contributed by atoms with van der Waals surface area (Å²) in [6.07, 6.45) is 3.52. The predicted octanol–water partition coefficient (Wildman–Crippen LogP) is 2.60. The van der Waals surface area contributed by atoms with Gasteiger partial charge in [-0.2, -0.15) is 0 Å². The van der Waals surface area contributed by atoms with Crippen molar-refractivity contribution < 1.29 is 14.3 Å². The van der Waals surface area contributed by atoms with Crippen molar-refractivity contribution in [2.75, 3.05) is 25.0 Å². The van der Waals surface area contributed by atoms with Crippen LogP contribution in [0.3, 0.4) is 0 Å². The number of aromatic nitrogens is 1. The van der Waals surface area contributed by atoms with Crippen molar-refractivity contribution in [3.05, 3.63) is 36.0 Å². The molecule has 142 valence electrons. The fraction of sp³-hybridized carbons (Fsp3) is 0.474. The molecule has 3 N–H and O–H groups in total. The van der Waals surface area contributed by atoms with Crippen LogP contribution in [0.1, 0.15) is 25.3 Å². The number of H-pyrrole nitrogens is 1. The Hall–Kier alpha value is -1.86. The monoisotopic (exact) mass is 423 g/mol. The van der Waals surface area contributed by atoms with Crippen molar-refractivity contribution in [1.29, 1.82) is 0 Å². The van der Waals surface area contributed by atoms with Gasteiger partial charge < -0.3 is 20.4 Å². The van der Waals surface area contributed by atoms with Gasteiger partial charge in [-0.05, 0) is 31.4 Å². The molecule has 1 heterocycles. The summed E-state index contributed by atoms with van der Waals surface area (Å²) < 4.78 is 4.92. The van der Waals surface area contributed by atoms with Crippen LogP contribution in [-0.4, -0.2) is 52.8 Å². The van der Waals surface area contributed by atoms with Crippen LogP contribution < -0.4 is 5.73 Å². The van der Waals surface area contributed by atoms with Gasteiger partial charge in [-0.1, -0.05) is 34.1 Å². The third-order valence-corrected chi connectivity index (χ3v) is 4.67. The summed E-state index contributed by atoms with van der Waals surface area (Å²) in [7, 11) is 0. The Morgan fingerprint density at radius 1 is 1.35 bits per heavy atom. The van der Waals surface area contributed by atoms with E-state index in [1.165, 1.54) is 0 Å².